The SMILES string of the molecule is O=C(N1CC[C@@H]2CNC[C@@H]2CC1)C1(c2cccc(Cl)c2)CCCCC1. The lowest BCUT2D eigenvalue weighted by Gasteiger charge is -2.40. The Morgan fingerprint density at radius 2 is 1.76 bits per heavy atom. The Morgan fingerprint density at radius 3 is 2.40 bits per heavy atom. The first-order valence-corrected chi connectivity index (χ1v) is 10.3. The van der Waals surface area contributed by atoms with Crippen molar-refractivity contribution in [1.29, 1.82) is 0 Å². The molecule has 25 heavy (non-hydrogen) atoms. The molecule has 4 rings (SSSR count). The van der Waals surface area contributed by atoms with Crippen LogP contribution in [-0.2, 0) is 10.2 Å². The Hall–Kier alpha value is -1.06. The average molecular weight is 361 g/mol. The third-order valence-electron chi connectivity index (χ3n) is 6.80. The van der Waals surface area contributed by atoms with Crippen molar-refractivity contribution in [3.8, 4) is 0 Å². The number of halogens is 1. The van der Waals surface area contributed by atoms with Gasteiger partial charge < -0.3 is 10.2 Å². The molecular formula is C21H29ClN2O. The summed E-state index contributed by atoms with van der Waals surface area (Å²) >= 11 is 6.28. The molecule has 0 aromatic heterocycles. The summed E-state index contributed by atoms with van der Waals surface area (Å²) in [5.41, 5.74) is 0.789. The third kappa shape index (κ3) is 3.33. The zero-order valence-corrected chi connectivity index (χ0v) is 15.7. The van der Waals surface area contributed by atoms with Crippen LogP contribution >= 0.6 is 11.6 Å². The highest BCUT2D eigenvalue weighted by Gasteiger charge is 2.44. The van der Waals surface area contributed by atoms with E-state index in [0.717, 1.165) is 87.1 Å². The van der Waals surface area contributed by atoms with Gasteiger partial charge in [-0.25, -0.2) is 0 Å². The molecule has 0 bridgehead atoms. The number of hydrogen-bond acceptors (Lipinski definition) is 2. The second kappa shape index (κ2) is 7.28. The fourth-order valence-electron chi connectivity index (χ4n) is 5.29. The third-order valence-corrected chi connectivity index (χ3v) is 7.04. The molecular weight excluding hydrogens is 332 g/mol. The standard InChI is InChI=1S/C21H29ClN2O/c22-19-6-4-5-18(13-19)21(9-2-1-3-10-21)20(25)24-11-7-16-14-23-15-17(16)8-12-24/h4-6,13,16-17,23H,1-3,7-12,14-15H2/t16-,17+. The average Bonchev–Trinajstić information content (AvgIpc) is 3.00. The van der Waals surface area contributed by atoms with E-state index in [4.69, 9.17) is 11.6 Å². The largest absolute Gasteiger partial charge is 0.342 e. The van der Waals surface area contributed by atoms with Crippen molar-refractivity contribution in [2.45, 2.75) is 50.4 Å². The number of rotatable bonds is 2. The van der Waals surface area contributed by atoms with E-state index in [2.05, 4.69) is 16.3 Å². The number of nitrogens with one attached hydrogen (secondary N) is 1. The van der Waals surface area contributed by atoms with Crippen LogP contribution in [-0.4, -0.2) is 37.0 Å². The summed E-state index contributed by atoms with van der Waals surface area (Å²) in [5.74, 6) is 1.87. The highest BCUT2D eigenvalue weighted by Crippen LogP contribution is 2.42. The molecule has 4 heteroatoms. The molecule has 3 aliphatic rings. The fraction of sp³-hybridized carbons (Fsp3) is 0.667. The summed E-state index contributed by atoms with van der Waals surface area (Å²) in [6.07, 6.45) is 7.76. The molecule has 0 radical (unpaired) electrons. The van der Waals surface area contributed by atoms with Crippen molar-refractivity contribution in [3.05, 3.63) is 34.9 Å². The second-order valence-electron chi connectivity index (χ2n) is 8.20. The predicted molar refractivity (Wildman–Crippen MR) is 102 cm³/mol. The molecule has 1 aliphatic carbocycles. The van der Waals surface area contributed by atoms with Gasteiger partial charge in [0.05, 0.1) is 5.41 Å². The van der Waals surface area contributed by atoms with Crippen molar-refractivity contribution >= 4 is 17.5 Å². The van der Waals surface area contributed by atoms with Gasteiger partial charge in [-0.3, -0.25) is 4.79 Å². The number of benzene rings is 1. The molecule has 2 saturated heterocycles. The van der Waals surface area contributed by atoms with Crippen LogP contribution in [0.1, 0.15) is 50.5 Å². The van der Waals surface area contributed by atoms with Gasteiger partial charge in [0, 0.05) is 18.1 Å². The summed E-state index contributed by atoms with van der Waals surface area (Å²) in [4.78, 5) is 15.9. The molecule has 136 valence electrons. The highest BCUT2D eigenvalue weighted by molar-refractivity contribution is 6.30. The molecule has 0 unspecified atom stereocenters. The van der Waals surface area contributed by atoms with Gasteiger partial charge in [-0.2, -0.15) is 0 Å². The van der Waals surface area contributed by atoms with Gasteiger partial charge in [0.15, 0.2) is 0 Å². The van der Waals surface area contributed by atoms with E-state index in [1.165, 1.54) is 6.42 Å². The van der Waals surface area contributed by atoms with Gasteiger partial charge in [-0.1, -0.05) is 43.0 Å². The number of hydrogen-bond donors (Lipinski definition) is 1. The topological polar surface area (TPSA) is 32.3 Å². The summed E-state index contributed by atoms with van der Waals surface area (Å²) < 4.78 is 0. The number of carbonyl (C=O) groups excluding carboxylic acids is 1. The van der Waals surface area contributed by atoms with Crippen molar-refractivity contribution in [2.24, 2.45) is 11.8 Å². The van der Waals surface area contributed by atoms with Crippen molar-refractivity contribution in [1.82, 2.24) is 10.2 Å². The van der Waals surface area contributed by atoms with Crippen LogP contribution in [0.5, 0.6) is 0 Å². The smallest absolute Gasteiger partial charge is 0.233 e. The molecule has 2 atom stereocenters. The van der Waals surface area contributed by atoms with E-state index < -0.39 is 0 Å². The summed E-state index contributed by atoms with van der Waals surface area (Å²) in [6, 6.07) is 8.05. The Balaban J connectivity index is 1.60. The predicted octanol–water partition coefficient (Wildman–Crippen LogP) is 4.00. The maximum Gasteiger partial charge on any atom is 0.233 e. The van der Waals surface area contributed by atoms with Crippen LogP contribution in [0.4, 0.5) is 0 Å². The van der Waals surface area contributed by atoms with Crippen LogP contribution in [0.15, 0.2) is 24.3 Å². The highest BCUT2D eigenvalue weighted by atomic mass is 35.5. The maximum absolute atomic E-state index is 13.7. The molecule has 1 amide bonds. The lowest BCUT2D eigenvalue weighted by molar-refractivity contribution is -0.139. The molecule has 1 saturated carbocycles. The Morgan fingerprint density at radius 1 is 1.08 bits per heavy atom. The van der Waals surface area contributed by atoms with Crippen LogP contribution in [0.25, 0.3) is 0 Å². The lowest BCUT2D eigenvalue weighted by Crippen LogP contribution is -2.48. The minimum Gasteiger partial charge on any atom is -0.342 e. The van der Waals surface area contributed by atoms with Crippen LogP contribution < -0.4 is 5.32 Å². The molecule has 1 aromatic rings. The minimum absolute atomic E-state index is 0.346. The molecule has 1 aromatic carbocycles. The van der Waals surface area contributed by atoms with E-state index in [0.29, 0.717) is 5.91 Å². The number of carbonyl (C=O) groups is 1. The van der Waals surface area contributed by atoms with E-state index in [9.17, 15) is 4.79 Å². The monoisotopic (exact) mass is 360 g/mol. The first-order valence-electron chi connectivity index (χ1n) is 9.95. The van der Waals surface area contributed by atoms with E-state index in [1.807, 2.05) is 18.2 Å². The van der Waals surface area contributed by atoms with Gasteiger partial charge in [-0.05, 0) is 68.3 Å². The zero-order chi connectivity index (χ0) is 17.3. The van der Waals surface area contributed by atoms with E-state index in [-0.39, 0.29) is 5.41 Å². The summed E-state index contributed by atoms with van der Waals surface area (Å²) in [6.45, 7) is 4.10. The van der Waals surface area contributed by atoms with Crippen molar-refractivity contribution in [3.63, 3.8) is 0 Å². The molecule has 2 heterocycles. The fourth-order valence-corrected chi connectivity index (χ4v) is 5.48. The van der Waals surface area contributed by atoms with Crippen LogP contribution in [0.3, 0.4) is 0 Å². The summed E-state index contributed by atoms with van der Waals surface area (Å²) in [5, 5.41) is 4.26. The van der Waals surface area contributed by atoms with Gasteiger partial charge in [0.25, 0.3) is 0 Å². The van der Waals surface area contributed by atoms with Gasteiger partial charge in [-0.15, -0.1) is 0 Å². The maximum atomic E-state index is 13.7. The van der Waals surface area contributed by atoms with Crippen molar-refractivity contribution < 1.29 is 4.79 Å². The number of amides is 1. The number of likely N-dealkylation sites (tertiary alicyclic amines) is 1. The zero-order valence-electron chi connectivity index (χ0n) is 15.0. The van der Waals surface area contributed by atoms with E-state index >= 15 is 0 Å². The van der Waals surface area contributed by atoms with E-state index in [1.54, 1.807) is 0 Å². The van der Waals surface area contributed by atoms with Crippen LogP contribution in [0, 0.1) is 11.8 Å². The first kappa shape index (κ1) is 17.4. The number of fused-ring (bicyclic) bond motifs is 1. The van der Waals surface area contributed by atoms with Gasteiger partial charge >= 0.3 is 0 Å². The molecule has 2 aliphatic heterocycles. The van der Waals surface area contributed by atoms with Crippen LogP contribution in [0.2, 0.25) is 5.02 Å². The second-order valence-corrected chi connectivity index (χ2v) is 8.64. The Bertz CT molecular complexity index is 612. The van der Waals surface area contributed by atoms with Gasteiger partial charge in [0.2, 0.25) is 5.91 Å². The Kier molecular flexibility index (Phi) is 5.06. The Labute approximate surface area is 156 Å². The molecule has 3 fully saturated rings. The minimum atomic E-state index is -0.346. The van der Waals surface area contributed by atoms with Crippen molar-refractivity contribution in [2.75, 3.05) is 26.2 Å². The molecule has 3 nitrogen and oxygen atoms in total. The quantitative estimate of drug-likeness (QED) is 0.864. The first-order chi connectivity index (χ1) is 12.2. The normalized spacial score (nSPS) is 29.1. The summed E-state index contributed by atoms with van der Waals surface area (Å²) in [7, 11) is 0. The van der Waals surface area contributed by atoms with Gasteiger partial charge in [0.1, 0.15) is 0 Å². The number of nitrogens with zero attached hydrogens (tertiary/aromatic N) is 1. The lowest BCUT2D eigenvalue weighted by atomic mass is 9.68. The molecule has 0 spiro atoms. The molecule has 1 N–H and O–H groups in total.